The van der Waals surface area contributed by atoms with Gasteiger partial charge in [-0.05, 0) is 24.3 Å². The van der Waals surface area contributed by atoms with Crippen molar-refractivity contribution < 1.29 is 49.0 Å². The summed E-state index contributed by atoms with van der Waals surface area (Å²) in [6.45, 7) is -1.78. The number of nitrogens with zero attached hydrogens (tertiary/aromatic N) is 6. The maximum absolute atomic E-state index is 13.1. The average Bonchev–Trinajstić information content (AvgIpc) is 3.29. The highest BCUT2D eigenvalue weighted by Crippen LogP contribution is 2.35. The molecule has 184 valence electrons. The van der Waals surface area contributed by atoms with Gasteiger partial charge in [0.15, 0.2) is 18.1 Å². The molecule has 2 aromatic heterocycles. The Labute approximate surface area is 183 Å². The molecule has 0 aliphatic carbocycles. The van der Waals surface area contributed by atoms with Crippen LogP contribution >= 0.6 is 0 Å². The fraction of sp³-hybridized carbons (Fsp3) is 0.294. The van der Waals surface area contributed by atoms with Crippen LogP contribution in [0.4, 0.5) is 39.5 Å². The third kappa shape index (κ3) is 6.61. The zero-order valence-electron chi connectivity index (χ0n) is 16.6. The van der Waals surface area contributed by atoms with Gasteiger partial charge < -0.3 is 9.47 Å². The lowest BCUT2D eigenvalue weighted by atomic mass is 10.1. The summed E-state index contributed by atoms with van der Waals surface area (Å²) in [4.78, 5) is 3.77. The molecule has 17 heteroatoms. The zero-order chi connectivity index (χ0) is 25.3. The molecule has 8 nitrogen and oxygen atoms in total. The second kappa shape index (κ2) is 8.86. The summed E-state index contributed by atoms with van der Waals surface area (Å²) < 4.78 is 124. The predicted molar refractivity (Wildman–Crippen MR) is 95.0 cm³/mol. The number of hydrogen-bond donors (Lipinski definition) is 0. The smallest absolute Gasteiger partial charge is 0.497 e. The Morgan fingerprint density at radius 3 is 2.24 bits per heavy atom. The molecule has 0 saturated heterocycles. The highest BCUT2D eigenvalue weighted by atomic mass is 19.4. The number of alkyl halides is 9. The first kappa shape index (κ1) is 24.8. The van der Waals surface area contributed by atoms with Gasteiger partial charge in [0, 0.05) is 11.8 Å². The highest BCUT2D eigenvalue weighted by molar-refractivity contribution is 5.62. The maximum Gasteiger partial charge on any atom is 0.574 e. The fourth-order valence-corrected chi connectivity index (χ4v) is 2.50. The lowest BCUT2D eigenvalue weighted by Crippen LogP contribution is -2.20. The van der Waals surface area contributed by atoms with Crippen LogP contribution in [0, 0.1) is 0 Å². The molecule has 0 atom stereocenters. The first-order valence-electron chi connectivity index (χ1n) is 8.76. The molecule has 0 aliphatic heterocycles. The Hall–Kier alpha value is -3.79. The molecule has 34 heavy (non-hydrogen) atoms. The van der Waals surface area contributed by atoms with Crippen molar-refractivity contribution in [3.63, 3.8) is 0 Å². The summed E-state index contributed by atoms with van der Waals surface area (Å²) in [5, 5.41) is 10.2. The van der Waals surface area contributed by atoms with Gasteiger partial charge in [-0.15, -0.1) is 28.5 Å². The van der Waals surface area contributed by atoms with Crippen LogP contribution < -0.4 is 9.47 Å². The molecule has 0 aliphatic rings. The Balaban J connectivity index is 1.90. The second-order valence-electron chi connectivity index (χ2n) is 6.40. The van der Waals surface area contributed by atoms with Crippen LogP contribution in [0.2, 0.25) is 0 Å². The van der Waals surface area contributed by atoms with Gasteiger partial charge in [0.1, 0.15) is 12.1 Å². The average molecular weight is 502 g/mol. The van der Waals surface area contributed by atoms with Gasteiger partial charge in [0.25, 0.3) is 5.88 Å². The lowest BCUT2D eigenvalue weighted by Gasteiger charge is -2.10. The number of methoxy groups -OCH3 is 1. The number of benzene rings is 1. The summed E-state index contributed by atoms with van der Waals surface area (Å²) in [6, 6.07) is 2.73. The molecule has 0 spiro atoms. The molecule has 1 aromatic carbocycles. The molecule has 0 N–H and O–H groups in total. The van der Waals surface area contributed by atoms with Gasteiger partial charge in [-0.2, -0.15) is 31.1 Å². The highest BCUT2D eigenvalue weighted by Gasteiger charge is 2.36. The third-order valence-corrected chi connectivity index (χ3v) is 3.80. The second-order valence-corrected chi connectivity index (χ2v) is 6.40. The largest absolute Gasteiger partial charge is 0.574 e. The first-order chi connectivity index (χ1) is 15.6. The minimum absolute atomic E-state index is 0.0393. The van der Waals surface area contributed by atoms with Gasteiger partial charge in [0.05, 0.1) is 12.7 Å². The van der Waals surface area contributed by atoms with Crippen molar-refractivity contribution in [1.29, 1.82) is 0 Å². The summed E-state index contributed by atoms with van der Waals surface area (Å²) in [6.07, 6.45) is -12.0. The van der Waals surface area contributed by atoms with E-state index >= 15 is 0 Å². The lowest BCUT2D eigenvalue weighted by molar-refractivity contribution is -0.276. The van der Waals surface area contributed by atoms with Crippen LogP contribution in [0.25, 0.3) is 23.7 Å². The maximum atomic E-state index is 13.1. The number of rotatable bonds is 6. The van der Waals surface area contributed by atoms with E-state index in [1.165, 1.54) is 6.07 Å². The standard InChI is InChI=1S/C17H11F9N6O2/c1-33-11-5-9(4-10(6-11)16(21,22)23)13-27-8-31(29-13)3-2-12-14(34-17(24,25)26)30-32(28-12)7-15(18,19)20/h2-6,8H,7H2,1H3. The minimum atomic E-state index is -5.26. The SMILES string of the molecule is COc1cc(-c2ncn(C=Cc3nn(CC(F)(F)F)nc3OC(F)(F)F)n2)cc(C(F)(F)F)c1. The van der Waals surface area contributed by atoms with Crippen molar-refractivity contribution in [3.8, 4) is 23.0 Å². The molecule has 2 heterocycles. The van der Waals surface area contributed by atoms with E-state index in [0.717, 1.165) is 42.5 Å². The van der Waals surface area contributed by atoms with E-state index in [9.17, 15) is 39.5 Å². The topological polar surface area (TPSA) is 79.9 Å². The summed E-state index contributed by atoms with van der Waals surface area (Å²) in [7, 11) is 1.15. The van der Waals surface area contributed by atoms with Crippen LogP contribution in [0.15, 0.2) is 24.5 Å². The molecule has 0 saturated carbocycles. The van der Waals surface area contributed by atoms with Crippen LogP contribution in [0.1, 0.15) is 11.3 Å². The van der Waals surface area contributed by atoms with Gasteiger partial charge in [-0.1, -0.05) is 0 Å². The van der Waals surface area contributed by atoms with Crippen LogP contribution in [0.3, 0.4) is 0 Å². The van der Waals surface area contributed by atoms with Gasteiger partial charge in [0.2, 0.25) is 0 Å². The normalized spacial score (nSPS) is 13.0. The van der Waals surface area contributed by atoms with E-state index in [1.807, 2.05) is 0 Å². The number of ether oxygens (including phenoxy) is 2. The van der Waals surface area contributed by atoms with Crippen molar-refractivity contribution in [2.75, 3.05) is 7.11 Å². The Kier molecular flexibility index (Phi) is 6.48. The van der Waals surface area contributed by atoms with E-state index in [2.05, 4.69) is 25.0 Å². The van der Waals surface area contributed by atoms with E-state index < -0.39 is 42.4 Å². The molecule has 0 amide bonds. The molecule has 3 rings (SSSR count). The number of hydrogen-bond acceptors (Lipinski definition) is 6. The van der Waals surface area contributed by atoms with Crippen molar-refractivity contribution in [2.45, 2.75) is 25.3 Å². The predicted octanol–water partition coefficient (Wildman–Crippen LogP) is 4.65. The van der Waals surface area contributed by atoms with Crippen molar-refractivity contribution in [1.82, 2.24) is 29.8 Å². The van der Waals surface area contributed by atoms with Gasteiger partial charge in [-0.3, -0.25) is 0 Å². The van der Waals surface area contributed by atoms with Gasteiger partial charge >= 0.3 is 18.7 Å². The van der Waals surface area contributed by atoms with Crippen LogP contribution in [-0.4, -0.2) is 49.4 Å². The summed E-state index contributed by atoms with van der Waals surface area (Å²) in [5.41, 5.74) is -1.85. The van der Waals surface area contributed by atoms with E-state index in [4.69, 9.17) is 4.74 Å². The fourth-order valence-electron chi connectivity index (χ4n) is 2.50. The van der Waals surface area contributed by atoms with Crippen molar-refractivity contribution in [3.05, 3.63) is 35.8 Å². The van der Waals surface area contributed by atoms with Crippen molar-refractivity contribution in [2.24, 2.45) is 0 Å². The van der Waals surface area contributed by atoms with E-state index in [-0.39, 0.29) is 21.9 Å². The van der Waals surface area contributed by atoms with E-state index in [1.54, 1.807) is 0 Å². The molecule has 0 unspecified atom stereocenters. The summed E-state index contributed by atoms with van der Waals surface area (Å²) in [5.74, 6) is -1.59. The molecular formula is C17H11F9N6O2. The van der Waals surface area contributed by atoms with Gasteiger partial charge in [-0.25, -0.2) is 9.67 Å². The van der Waals surface area contributed by atoms with E-state index in [0.29, 0.717) is 0 Å². The Morgan fingerprint density at radius 2 is 1.65 bits per heavy atom. The quantitative estimate of drug-likeness (QED) is 0.457. The molecule has 0 radical (unpaired) electrons. The summed E-state index contributed by atoms with van der Waals surface area (Å²) >= 11 is 0. The van der Waals surface area contributed by atoms with Crippen LogP contribution in [0.5, 0.6) is 11.6 Å². The molecule has 0 fully saturated rings. The first-order valence-corrected chi connectivity index (χ1v) is 8.76. The third-order valence-electron chi connectivity index (χ3n) is 3.80. The molecular weight excluding hydrogens is 491 g/mol. The number of halogens is 9. The molecule has 0 bridgehead atoms. The number of aromatic nitrogens is 6. The van der Waals surface area contributed by atoms with Crippen molar-refractivity contribution >= 4 is 12.3 Å². The monoisotopic (exact) mass is 502 g/mol. The minimum Gasteiger partial charge on any atom is -0.497 e. The van der Waals surface area contributed by atoms with Crippen LogP contribution in [-0.2, 0) is 12.7 Å². The Bertz CT molecular complexity index is 1180. The molecule has 3 aromatic rings. The zero-order valence-corrected chi connectivity index (χ0v) is 16.6. The Morgan fingerprint density at radius 1 is 0.941 bits per heavy atom.